The summed E-state index contributed by atoms with van der Waals surface area (Å²) in [5.41, 5.74) is 2.35. The number of hydrogen-bond acceptors (Lipinski definition) is 3. The van der Waals surface area contributed by atoms with Crippen LogP contribution in [-0.4, -0.2) is 33.4 Å². The second-order valence-corrected chi connectivity index (χ2v) is 5.71. The second kappa shape index (κ2) is 4.41. The van der Waals surface area contributed by atoms with E-state index in [0.29, 0.717) is 5.92 Å². The van der Waals surface area contributed by atoms with Crippen LogP contribution in [0.1, 0.15) is 11.1 Å². The lowest BCUT2D eigenvalue weighted by atomic mass is 9.66. The number of aryl methyl sites for hydroxylation is 1. The molecule has 4 heteroatoms. The first-order chi connectivity index (χ1) is 8.67. The highest BCUT2D eigenvalue weighted by Crippen LogP contribution is 2.46. The van der Waals surface area contributed by atoms with Gasteiger partial charge in [0.1, 0.15) is 5.75 Å². The van der Waals surface area contributed by atoms with E-state index in [1.807, 2.05) is 13.0 Å². The number of ether oxygens (including phenoxy) is 2. The molecule has 2 fully saturated rings. The van der Waals surface area contributed by atoms with Crippen molar-refractivity contribution in [3.8, 4) is 5.75 Å². The largest absolute Gasteiger partial charge is 0.496 e. The molecule has 3 nitrogen and oxygen atoms in total. The molecule has 0 unspecified atom stereocenters. The smallest absolute Gasteiger partial charge is 0.123 e. The van der Waals surface area contributed by atoms with Crippen molar-refractivity contribution in [1.82, 2.24) is 5.32 Å². The van der Waals surface area contributed by atoms with Gasteiger partial charge in [-0.2, -0.15) is 0 Å². The van der Waals surface area contributed by atoms with Crippen molar-refractivity contribution in [3.63, 3.8) is 0 Å². The van der Waals surface area contributed by atoms with E-state index in [2.05, 4.69) is 11.4 Å². The second-order valence-electron chi connectivity index (χ2n) is 5.31. The van der Waals surface area contributed by atoms with Gasteiger partial charge in [-0.15, -0.1) is 0 Å². The Kier molecular flexibility index (Phi) is 3.00. The third kappa shape index (κ3) is 1.65. The molecule has 18 heavy (non-hydrogen) atoms. The SMILES string of the molecule is COc1cc(C)c(Cl)cc1C1(C2CNC2)COC1. The predicted molar refractivity (Wildman–Crippen MR) is 71.6 cm³/mol. The number of halogens is 1. The number of nitrogens with one attached hydrogen (secondary N) is 1. The highest BCUT2D eigenvalue weighted by atomic mass is 35.5. The summed E-state index contributed by atoms with van der Waals surface area (Å²) in [6, 6.07) is 4.10. The summed E-state index contributed by atoms with van der Waals surface area (Å²) in [4.78, 5) is 0. The molecule has 0 atom stereocenters. The third-order valence-electron chi connectivity index (χ3n) is 4.30. The maximum absolute atomic E-state index is 6.28. The molecular weight excluding hydrogens is 250 g/mol. The first kappa shape index (κ1) is 12.3. The zero-order chi connectivity index (χ0) is 12.8. The lowest BCUT2D eigenvalue weighted by molar-refractivity contribution is -0.102. The molecule has 0 bridgehead atoms. The van der Waals surface area contributed by atoms with Crippen LogP contribution in [0.4, 0.5) is 0 Å². The van der Waals surface area contributed by atoms with E-state index in [0.717, 1.165) is 42.6 Å². The molecular formula is C14H18ClNO2. The number of methoxy groups -OCH3 is 1. The van der Waals surface area contributed by atoms with Crippen LogP contribution in [0.15, 0.2) is 12.1 Å². The van der Waals surface area contributed by atoms with Gasteiger partial charge in [0.05, 0.1) is 25.7 Å². The zero-order valence-corrected chi connectivity index (χ0v) is 11.5. The molecule has 98 valence electrons. The molecule has 2 aliphatic heterocycles. The van der Waals surface area contributed by atoms with Crippen molar-refractivity contribution in [2.24, 2.45) is 5.92 Å². The van der Waals surface area contributed by atoms with Gasteiger partial charge in [0, 0.05) is 23.7 Å². The van der Waals surface area contributed by atoms with Gasteiger partial charge in [-0.1, -0.05) is 11.6 Å². The molecule has 1 aromatic carbocycles. The summed E-state index contributed by atoms with van der Waals surface area (Å²) in [5, 5.41) is 4.15. The molecule has 0 spiro atoms. The first-order valence-electron chi connectivity index (χ1n) is 6.30. The van der Waals surface area contributed by atoms with Crippen LogP contribution >= 0.6 is 11.6 Å². The Hall–Kier alpha value is -0.770. The maximum Gasteiger partial charge on any atom is 0.123 e. The summed E-state index contributed by atoms with van der Waals surface area (Å²) in [6.07, 6.45) is 0. The summed E-state index contributed by atoms with van der Waals surface area (Å²) < 4.78 is 11.0. The fourth-order valence-corrected chi connectivity index (χ4v) is 2.99. The molecule has 0 radical (unpaired) electrons. The summed E-state index contributed by atoms with van der Waals surface area (Å²) in [7, 11) is 1.72. The van der Waals surface area contributed by atoms with E-state index in [1.54, 1.807) is 7.11 Å². The number of rotatable bonds is 3. The Morgan fingerprint density at radius 2 is 2.11 bits per heavy atom. The van der Waals surface area contributed by atoms with Gasteiger partial charge in [-0.25, -0.2) is 0 Å². The van der Waals surface area contributed by atoms with Gasteiger partial charge in [0.25, 0.3) is 0 Å². The molecule has 3 rings (SSSR count). The maximum atomic E-state index is 6.28. The van der Waals surface area contributed by atoms with Crippen LogP contribution in [-0.2, 0) is 10.2 Å². The molecule has 0 amide bonds. The van der Waals surface area contributed by atoms with Gasteiger partial charge >= 0.3 is 0 Å². The van der Waals surface area contributed by atoms with Gasteiger partial charge < -0.3 is 14.8 Å². The van der Waals surface area contributed by atoms with E-state index in [9.17, 15) is 0 Å². The standard InChI is InChI=1S/C14H18ClNO2/c1-9-3-13(17-2)11(4-12(9)15)14(7-18-8-14)10-5-16-6-10/h3-4,10,16H,5-8H2,1-2H3. The fraction of sp³-hybridized carbons (Fsp3) is 0.571. The van der Waals surface area contributed by atoms with Crippen molar-refractivity contribution >= 4 is 11.6 Å². The van der Waals surface area contributed by atoms with Crippen LogP contribution in [0.3, 0.4) is 0 Å². The summed E-state index contributed by atoms with van der Waals surface area (Å²) in [5.74, 6) is 1.56. The van der Waals surface area contributed by atoms with Crippen molar-refractivity contribution in [2.45, 2.75) is 12.3 Å². The number of benzene rings is 1. The quantitative estimate of drug-likeness (QED) is 0.910. The van der Waals surface area contributed by atoms with Gasteiger partial charge in [-0.05, 0) is 30.5 Å². The predicted octanol–water partition coefficient (Wildman–Crippen LogP) is 2.14. The van der Waals surface area contributed by atoms with Gasteiger partial charge in [0.2, 0.25) is 0 Å². The lowest BCUT2D eigenvalue weighted by Crippen LogP contribution is -2.62. The molecule has 1 aromatic rings. The van der Waals surface area contributed by atoms with Crippen molar-refractivity contribution in [3.05, 3.63) is 28.3 Å². The molecule has 1 N–H and O–H groups in total. The first-order valence-corrected chi connectivity index (χ1v) is 6.68. The molecule has 2 aliphatic rings. The Labute approximate surface area is 112 Å². The molecule has 2 heterocycles. The molecule has 0 aromatic heterocycles. The van der Waals surface area contributed by atoms with Crippen molar-refractivity contribution < 1.29 is 9.47 Å². The minimum Gasteiger partial charge on any atom is -0.496 e. The summed E-state index contributed by atoms with van der Waals surface area (Å²) in [6.45, 7) is 5.66. The Bertz CT molecular complexity index is 467. The fourth-order valence-electron chi connectivity index (χ4n) is 2.83. The molecule has 0 saturated carbocycles. The van der Waals surface area contributed by atoms with Crippen LogP contribution in [0, 0.1) is 12.8 Å². The van der Waals surface area contributed by atoms with E-state index in [-0.39, 0.29) is 5.41 Å². The Morgan fingerprint density at radius 3 is 2.56 bits per heavy atom. The average Bonchev–Trinajstić information content (AvgIpc) is 2.24. The average molecular weight is 268 g/mol. The lowest BCUT2D eigenvalue weighted by Gasteiger charge is -2.51. The van der Waals surface area contributed by atoms with E-state index >= 15 is 0 Å². The van der Waals surface area contributed by atoms with Crippen LogP contribution in [0.5, 0.6) is 5.75 Å². The van der Waals surface area contributed by atoms with E-state index in [1.165, 1.54) is 5.56 Å². The van der Waals surface area contributed by atoms with Crippen LogP contribution < -0.4 is 10.1 Å². The van der Waals surface area contributed by atoms with Crippen LogP contribution in [0.25, 0.3) is 0 Å². The van der Waals surface area contributed by atoms with Crippen molar-refractivity contribution in [2.75, 3.05) is 33.4 Å². The highest BCUT2D eigenvalue weighted by molar-refractivity contribution is 6.31. The van der Waals surface area contributed by atoms with Gasteiger partial charge in [0.15, 0.2) is 0 Å². The topological polar surface area (TPSA) is 30.5 Å². The van der Waals surface area contributed by atoms with E-state index < -0.39 is 0 Å². The van der Waals surface area contributed by atoms with E-state index in [4.69, 9.17) is 21.1 Å². The summed E-state index contributed by atoms with van der Waals surface area (Å²) >= 11 is 6.28. The Morgan fingerprint density at radius 1 is 1.39 bits per heavy atom. The normalized spacial score (nSPS) is 22.2. The molecule has 2 saturated heterocycles. The van der Waals surface area contributed by atoms with Crippen LogP contribution in [0.2, 0.25) is 5.02 Å². The highest BCUT2D eigenvalue weighted by Gasteiger charge is 2.50. The minimum absolute atomic E-state index is 0.0912. The monoisotopic (exact) mass is 267 g/mol. The Balaban J connectivity index is 2.06. The molecule has 0 aliphatic carbocycles. The third-order valence-corrected chi connectivity index (χ3v) is 4.71. The van der Waals surface area contributed by atoms with Gasteiger partial charge in [-0.3, -0.25) is 0 Å². The van der Waals surface area contributed by atoms with Crippen molar-refractivity contribution in [1.29, 1.82) is 0 Å². The minimum atomic E-state index is 0.0912. The number of hydrogen-bond donors (Lipinski definition) is 1. The zero-order valence-electron chi connectivity index (χ0n) is 10.8.